The van der Waals surface area contributed by atoms with Gasteiger partial charge in [0.2, 0.25) is 5.60 Å². The fraction of sp³-hybridized carbons (Fsp3) is 0.312. The van der Waals surface area contributed by atoms with Crippen molar-refractivity contribution in [3.8, 4) is 0 Å². The molecule has 0 saturated heterocycles. The van der Waals surface area contributed by atoms with E-state index in [4.69, 9.17) is 0 Å². The third-order valence-electron chi connectivity index (χ3n) is 3.53. The number of aliphatic hydroxyl groups is 1. The number of amidine groups is 1. The molecule has 0 amide bonds. The first-order valence-electron chi connectivity index (χ1n) is 7.08. The van der Waals surface area contributed by atoms with Crippen molar-refractivity contribution in [1.82, 2.24) is 15.3 Å². The van der Waals surface area contributed by atoms with E-state index in [2.05, 4.69) is 20.3 Å². The van der Waals surface area contributed by atoms with Gasteiger partial charge in [-0.05, 0) is 37.6 Å². The highest BCUT2D eigenvalue weighted by molar-refractivity contribution is 5.94. The molecule has 0 aromatic carbocycles. The summed E-state index contributed by atoms with van der Waals surface area (Å²) in [4.78, 5) is 13.3. The number of aromatic nitrogens is 2. The van der Waals surface area contributed by atoms with Crippen molar-refractivity contribution < 1.29 is 5.11 Å². The molecule has 0 spiro atoms. The molecule has 0 bridgehead atoms. The summed E-state index contributed by atoms with van der Waals surface area (Å²) in [5.41, 5.74) is 0.470. The second-order valence-corrected chi connectivity index (χ2v) is 5.10. The molecule has 108 valence electrons. The van der Waals surface area contributed by atoms with Gasteiger partial charge in [-0.2, -0.15) is 0 Å². The number of aliphatic imine (C=N–C) groups is 1. The third-order valence-corrected chi connectivity index (χ3v) is 3.53. The molecule has 1 aliphatic heterocycles. The fourth-order valence-corrected chi connectivity index (χ4v) is 2.47. The van der Waals surface area contributed by atoms with Gasteiger partial charge < -0.3 is 10.4 Å². The second-order valence-electron chi connectivity index (χ2n) is 5.10. The predicted molar refractivity (Wildman–Crippen MR) is 81.1 cm³/mol. The first-order chi connectivity index (χ1) is 10.2. The van der Waals surface area contributed by atoms with Gasteiger partial charge in [0, 0.05) is 25.0 Å². The highest BCUT2D eigenvalue weighted by Crippen LogP contribution is 2.28. The molecule has 2 aromatic rings. The van der Waals surface area contributed by atoms with Crippen molar-refractivity contribution in [3.63, 3.8) is 0 Å². The Labute approximate surface area is 123 Å². The van der Waals surface area contributed by atoms with Gasteiger partial charge in [-0.3, -0.25) is 15.0 Å². The van der Waals surface area contributed by atoms with Gasteiger partial charge in [0.1, 0.15) is 5.84 Å². The van der Waals surface area contributed by atoms with Crippen LogP contribution in [0.3, 0.4) is 0 Å². The monoisotopic (exact) mass is 282 g/mol. The minimum absolute atomic E-state index is 0.519. The minimum Gasteiger partial charge on any atom is -0.371 e. The number of pyridine rings is 2. The van der Waals surface area contributed by atoms with Crippen molar-refractivity contribution in [2.45, 2.75) is 18.9 Å². The number of nitrogens with one attached hydrogen (secondary N) is 1. The van der Waals surface area contributed by atoms with Crippen LogP contribution in [0.2, 0.25) is 0 Å². The Kier molecular flexibility index (Phi) is 3.66. The number of aryl methyl sites for hydroxylation is 1. The van der Waals surface area contributed by atoms with Crippen LogP contribution in [0.1, 0.15) is 23.5 Å². The Morgan fingerprint density at radius 2 is 2.00 bits per heavy atom. The summed E-state index contributed by atoms with van der Waals surface area (Å²) >= 11 is 0. The lowest BCUT2D eigenvalue weighted by molar-refractivity contribution is 0.140. The van der Waals surface area contributed by atoms with E-state index in [-0.39, 0.29) is 0 Å². The molecule has 1 aliphatic rings. The fourth-order valence-electron chi connectivity index (χ4n) is 2.47. The van der Waals surface area contributed by atoms with Gasteiger partial charge in [-0.25, -0.2) is 0 Å². The van der Waals surface area contributed by atoms with E-state index >= 15 is 0 Å². The summed E-state index contributed by atoms with van der Waals surface area (Å²) in [7, 11) is 0. The van der Waals surface area contributed by atoms with E-state index in [1.54, 1.807) is 18.3 Å². The summed E-state index contributed by atoms with van der Waals surface area (Å²) < 4.78 is 0. The number of hydrogen-bond donors (Lipinski definition) is 2. The normalized spacial score (nSPS) is 17.5. The van der Waals surface area contributed by atoms with Crippen LogP contribution in [0.4, 0.5) is 0 Å². The SMILES string of the molecule is Cc1cccc(C(O)(C2=NCCCN2)c2ccccn2)n1. The van der Waals surface area contributed by atoms with E-state index in [1.807, 2.05) is 31.2 Å². The lowest BCUT2D eigenvalue weighted by Crippen LogP contribution is -2.48. The highest BCUT2D eigenvalue weighted by atomic mass is 16.3. The lowest BCUT2D eigenvalue weighted by atomic mass is 9.91. The minimum atomic E-state index is -1.44. The maximum Gasteiger partial charge on any atom is 0.206 e. The van der Waals surface area contributed by atoms with Crippen LogP contribution < -0.4 is 5.32 Å². The third kappa shape index (κ3) is 2.52. The molecule has 3 rings (SSSR count). The van der Waals surface area contributed by atoms with Crippen LogP contribution in [0.5, 0.6) is 0 Å². The Morgan fingerprint density at radius 1 is 1.14 bits per heavy atom. The molecule has 5 nitrogen and oxygen atoms in total. The van der Waals surface area contributed by atoms with E-state index in [1.165, 1.54) is 0 Å². The Balaban J connectivity index is 2.17. The lowest BCUT2D eigenvalue weighted by Gasteiger charge is -2.31. The molecule has 0 radical (unpaired) electrons. The predicted octanol–water partition coefficient (Wildman–Crippen LogP) is 1.41. The molecular weight excluding hydrogens is 264 g/mol. The summed E-state index contributed by atoms with van der Waals surface area (Å²) in [6.07, 6.45) is 2.63. The smallest absolute Gasteiger partial charge is 0.206 e. The summed E-state index contributed by atoms with van der Waals surface area (Å²) in [5.74, 6) is 0.519. The van der Waals surface area contributed by atoms with Crippen LogP contribution in [0.25, 0.3) is 0 Å². The zero-order chi connectivity index (χ0) is 14.7. The molecule has 1 atom stereocenters. The number of nitrogens with zero attached hydrogens (tertiary/aromatic N) is 3. The maximum absolute atomic E-state index is 11.4. The van der Waals surface area contributed by atoms with Gasteiger partial charge >= 0.3 is 0 Å². The van der Waals surface area contributed by atoms with E-state index in [0.29, 0.717) is 23.8 Å². The highest BCUT2D eigenvalue weighted by Gasteiger charge is 2.41. The van der Waals surface area contributed by atoms with Gasteiger partial charge in [0.15, 0.2) is 0 Å². The van der Waals surface area contributed by atoms with Crippen molar-refractivity contribution in [2.24, 2.45) is 4.99 Å². The van der Waals surface area contributed by atoms with E-state index in [9.17, 15) is 5.11 Å². The molecule has 21 heavy (non-hydrogen) atoms. The summed E-state index contributed by atoms with van der Waals surface area (Å²) in [6, 6.07) is 11.1. The summed E-state index contributed by atoms with van der Waals surface area (Å²) in [6.45, 7) is 3.39. The number of rotatable bonds is 3. The average Bonchev–Trinajstić information content (AvgIpc) is 2.56. The van der Waals surface area contributed by atoms with Crippen LogP contribution >= 0.6 is 0 Å². The molecule has 0 saturated carbocycles. The maximum atomic E-state index is 11.4. The van der Waals surface area contributed by atoms with Gasteiger partial charge in [-0.15, -0.1) is 0 Å². The zero-order valence-electron chi connectivity index (χ0n) is 12.0. The molecule has 0 fully saturated rings. The average molecular weight is 282 g/mol. The van der Waals surface area contributed by atoms with Gasteiger partial charge in [0.05, 0.1) is 11.4 Å². The van der Waals surface area contributed by atoms with Crippen molar-refractivity contribution in [1.29, 1.82) is 0 Å². The standard InChI is InChI=1S/C16H18N4O/c1-12-6-4-8-14(20-12)16(21,13-7-2-3-9-17-13)15-18-10-5-11-19-15/h2-4,6-9,21H,5,10-11H2,1H3,(H,18,19). The van der Waals surface area contributed by atoms with E-state index < -0.39 is 5.60 Å². The molecule has 0 aliphatic carbocycles. The second kappa shape index (κ2) is 5.61. The molecule has 5 heteroatoms. The van der Waals surface area contributed by atoms with Crippen LogP contribution in [0, 0.1) is 6.92 Å². The first kappa shape index (κ1) is 13.7. The molecule has 2 aromatic heterocycles. The van der Waals surface area contributed by atoms with Crippen molar-refractivity contribution >= 4 is 5.84 Å². The summed E-state index contributed by atoms with van der Waals surface area (Å²) in [5, 5.41) is 14.6. The van der Waals surface area contributed by atoms with Crippen molar-refractivity contribution in [3.05, 3.63) is 59.7 Å². The zero-order valence-corrected chi connectivity index (χ0v) is 12.0. The topological polar surface area (TPSA) is 70.4 Å². The Morgan fingerprint density at radius 3 is 2.67 bits per heavy atom. The number of hydrogen-bond acceptors (Lipinski definition) is 5. The molecule has 2 N–H and O–H groups in total. The molecular formula is C16H18N4O. The Bertz CT molecular complexity index is 656. The van der Waals surface area contributed by atoms with Gasteiger partial charge in [-0.1, -0.05) is 12.1 Å². The molecule has 3 heterocycles. The van der Waals surface area contributed by atoms with Crippen molar-refractivity contribution in [2.75, 3.05) is 13.1 Å². The Hall–Kier alpha value is -2.27. The largest absolute Gasteiger partial charge is 0.371 e. The first-order valence-corrected chi connectivity index (χ1v) is 7.08. The molecule has 1 unspecified atom stereocenters. The van der Waals surface area contributed by atoms with Crippen LogP contribution in [-0.2, 0) is 5.60 Å². The quantitative estimate of drug-likeness (QED) is 0.893. The van der Waals surface area contributed by atoms with Crippen LogP contribution in [-0.4, -0.2) is 34.0 Å². The van der Waals surface area contributed by atoms with Gasteiger partial charge in [0.25, 0.3) is 0 Å². The van der Waals surface area contributed by atoms with Crippen LogP contribution in [0.15, 0.2) is 47.6 Å². The van der Waals surface area contributed by atoms with E-state index in [0.717, 1.165) is 18.7 Å².